The van der Waals surface area contributed by atoms with Gasteiger partial charge in [-0.1, -0.05) is 72.2 Å². The highest BCUT2D eigenvalue weighted by Gasteiger charge is 2.72. The number of esters is 3. The Kier molecular flexibility index (Phi) is 16.3. The van der Waals surface area contributed by atoms with E-state index in [1.54, 1.807) is 12.1 Å². The molecule has 3 saturated heterocycles. The second-order valence-electron chi connectivity index (χ2n) is 25.7. The number of aliphatic hydroxyl groups is 9. The molecule has 7 fully saturated rings. The standard InChI is InChI=1S/C57H82O21/c1-52(2)21-22-57(51(70)78-50-46(75-37(62)16-11-27-9-12-28(59)13-10-27)44(31(60)26-72-50)76-48-42(67)39(64)38(63)32(25-58)73-48)30(23-52)29-14-15-34-54(5)19-18-36(74-49-43(68)40(65)41(66)45(77-49)47(69)71-8)53(3,4)33(54)17-20-55(34,6)56(29,7)24-35(57)61/h9-14,16,30-36,38-46,48-50,58-61,63-68H,15,17-26H2,1-8H3/t30-,31-,32+,33-,34+,35+,36-,38+,39-,40-,41-,42+,43+,44-,45-,46+,48-,49+,50-,54-,55+,56+,57+/m0/s1. The molecule has 8 aliphatic rings. The number of rotatable bonds is 11. The molecule has 9 rings (SSSR count). The van der Waals surface area contributed by atoms with Crippen molar-refractivity contribution in [2.75, 3.05) is 20.3 Å². The van der Waals surface area contributed by atoms with Gasteiger partial charge in [0.2, 0.25) is 6.29 Å². The fraction of sp³-hybridized carbons (Fsp3) is 0.772. The molecule has 23 atom stereocenters. The Morgan fingerprint density at radius 3 is 2.05 bits per heavy atom. The summed E-state index contributed by atoms with van der Waals surface area (Å²) in [5.41, 5.74) is -1.95. The molecule has 5 aliphatic carbocycles. The number of carbonyl (C=O) groups excluding carboxylic acids is 3. The summed E-state index contributed by atoms with van der Waals surface area (Å²) in [5, 5.41) is 109. The van der Waals surface area contributed by atoms with Gasteiger partial charge >= 0.3 is 17.9 Å². The third kappa shape index (κ3) is 9.85. The van der Waals surface area contributed by atoms with Crippen molar-refractivity contribution in [2.45, 2.75) is 204 Å². The number of phenolic OH excluding ortho intramolecular Hbond substituents is 1. The van der Waals surface area contributed by atoms with Crippen LogP contribution in [0.25, 0.3) is 6.08 Å². The minimum Gasteiger partial charge on any atom is -0.508 e. The monoisotopic (exact) mass is 1100 g/mol. The largest absolute Gasteiger partial charge is 0.508 e. The smallest absolute Gasteiger partial charge is 0.337 e. The van der Waals surface area contributed by atoms with Gasteiger partial charge in [0.15, 0.2) is 24.8 Å². The highest BCUT2D eigenvalue weighted by atomic mass is 16.8. The number of hydrogen-bond donors (Lipinski definition) is 10. The van der Waals surface area contributed by atoms with Crippen LogP contribution in [0.15, 0.2) is 42.0 Å². The minimum atomic E-state index is -1.91. The van der Waals surface area contributed by atoms with E-state index in [9.17, 15) is 60.7 Å². The Morgan fingerprint density at radius 2 is 1.38 bits per heavy atom. The van der Waals surface area contributed by atoms with Gasteiger partial charge in [-0.25, -0.2) is 9.59 Å². The molecule has 1 aromatic rings. The molecule has 3 aliphatic heterocycles. The predicted octanol–water partition coefficient (Wildman–Crippen LogP) is 1.90. The van der Waals surface area contributed by atoms with E-state index >= 15 is 4.79 Å². The van der Waals surface area contributed by atoms with E-state index in [2.05, 4.69) is 54.5 Å². The summed E-state index contributed by atoms with van der Waals surface area (Å²) in [6.07, 6.45) is -15.4. The van der Waals surface area contributed by atoms with Crippen molar-refractivity contribution in [3.8, 4) is 5.75 Å². The first-order valence-electron chi connectivity index (χ1n) is 27.5. The number of aliphatic hydroxyl groups excluding tert-OH is 9. The molecule has 0 amide bonds. The van der Waals surface area contributed by atoms with Crippen LogP contribution in [-0.4, -0.2) is 188 Å². The van der Waals surface area contributed by atoms with Crippen molar-refractivity contribution < 1.29 is 103 Å². The van der Waals surface area contributed by atoms with Gasteiger partial charge < -0.3 is 89.0 Å². The molecule has 0 aromatic heterocycles. The number of hydrogen-bond acceptors (Lipinski definition) is 21. The Morgan fingerprint density at radius 1 is 0.718 bits per heavy atom. The number of aromatic hydroxyl groups is 1. The maximum Gasteiger partial charge on any atom is 0.337 e. The zero-order valence-electron chi connectivity index (χ0n) is 45.8. The molecule has 0 unspecified atom stereocenters. The van der Waals surface area contributed by atoms with Crippen LogP contribution in [0.5, 0.6) is 5.75 Å². The molecule has 4 saturated carbocycles. The number of fused-ring (bicyclic) bond motifs is 7. The summed E-state index contributed by atoms with van der Waals surface area (Å²) >= 11 is 0. The van der Waals surface area contributed by atoms with Crippen LogP contribution in [0.3, 0.4) is 0 Å². The summed E-state index contributed by atoms with van der Waals surface area (Å²) in [5.74, 6) is -3.01. The molecule has 1 aromatic carbocycles. The number of phenols is 1. The predicted molar refractivity (Wildman–Crippen MR) is 271 cm³/mol. The zero-order valence-corrected chi connectivity index (χ0v) is 45.8. The zero-order chi connectivity index (χ0) is 56.8. The molecule has 21 heteroatoms. The van der Waals surface area contributed by atoms with Crippen molar-refractivity contribution in [3.63, 3.8) is 0 Å². The van der Waals surface area contributed by atoms with E-state index in [1.165, 1.54) is 18.2 Å². The number of carbonyl (C=O) groups is 3. The summed E-state index contributed by atoms with van der Waals surface area (Å²) in [7, 11) is 1.14. The lowest BCUT2D eigenvalue weighted by molar-refractivity contribution is -0.347. The van der Waals surface area contributed by atoms with Gasteiger partial charge in [-0.05, 0) is 126 Å². The van der Waals surface area contributed by atoms with Crippen LogP contribution in [0, 0.1) is 50.2 Å². The van der Waals surface area contributed by atoms with Crippen molar-refractivity contribution in [1.29, 1.82) is 0 Å². The molecule has 10 N–H and O–H groups in total. The van der Waals surface area contributed by atoms with Gasteiger partial charge in [-0.2, -0.15) is 0 Å². The van der Waals surface area contributed by atoms with E-state index in [1.807, 2.05) is 0 Å². The third-order valence-electron chi connectivity index (χ3n) is 20.6. The molecule has 21 nitrogen and oxygen atoms in total. The Labute approximate surface area is 454 Å². The van der Waals surface area contributed by atoms with Crippen molar-refractivity contribution in [3.05, 3.63) is 47.6 Å². The maximum atomic E-state index is 15.5. The minimum absolute atomic E-state index is 0.00156. The van der Waals surface area contributed by atoms with Gasteiger partial charge in [0.1, 0.15) is 66.1 Å². The van der Waals surface area contributed by atoms with Crippen molar-refractivity contribution in [1.82, 2.24) is 0 Å². The molecule has 0 bridgehead atoms. The second kappa shape index (κ2) is 21.6. The van der Waals surface area contributed by atoms with Gasteiger partial charge in [0.25, 0.3) is 0 Å². The SMILES string of the molecule is COC(=O)[C@H]1O[C@@H](O[C@H]2CC[C@]3(C)[C@H]4CC=C5[C@@H]6CC(C)(C)CC[C@]6(C(=O)O[C@@H]6OC[C@H](O)[C@H](O[C@@H]7O[C@H](CO)[C@@H](O)[C@H](O)[C@H]7O)[C@H]6OC(=O)C=Cc6ccc(O)cc6)[C@H](O)C[C@@]5(C)[C@]4(C)CC[C@H]3C2(C)C)[C@H](O)[C@@H](O)[C@@H]1O. The highest BCUT2D eigenvalue weighted by molar-refractivity contribution is 5.87. The molecule has 0 radical (unpaired) electrons. The van der Waals surface area contributed by atoms with Gasteiger partial charge in [0, 0.05) is 6.08 Å². The molecular weight excluding hydrogens is 1020 g/mol. The van der Waals surface area contributed by atoms with Crippen LogP contribution in [0.1, 0.15) is 112 Å². The average Bonchev–Trinajstić information content (AvgIpc) is 2.34. The fourth-order valence-electron chi connectivity index (χ4n) is 16.0. The third-order valence-corrected chi connectivity index (χ3v) is 20.6. The number of ether oxygens (including phenoxy) is 8. The van der Waals surface area contributed by atoms with Gasteiger partial charge in [0.05, 0.1) is 32.5 Å². The van der Waals surface area contributed by atoms with Crippen LogP contribution < -0.4 is 0 Å². The summed E-state index contributed by atoms with van der Waals surface area (Å²) in [4.78, 5) is 41.8. The Balaban J connectivity index is 0.999. The van der Waals surface area contributed by atoms with Gasteiger partial charge in [-0.15, -0.1) is 0 Å². The molecule has 0 spiro atoms. The van der Waals surface area contributed by atoms with Gasteiger partial charge in [-0.3, -0.25) is 4.79 Å². The van der Waals surface area contributed by atoms with Crippen LogP contribution >= 0.6 is 0 Å². The first-order valence-corrected chi connectivity index (χ1v) is 27.5. The van der Waals surface area contributed by atoms with E-state index < -0.39 is 152 Å². The quantitative estimate of drug-likeness (QED) is 0.0497. The fourth-order valence-corrected chi connectivity index (χ4v) is 16.0. The first kappa shape index (κ1) is 59.0. The second-order valence-corrected chi connectivity index (χ2v) is 25.7. The Hall–Kier alpha value is -3.65. The lowest BCUT2D eigenvalue weighted by atomic mass is 9.33. The highest BCUT2D eigenvalue weighted by Crippen LogP contribution is 2.76. The molecule has 436 valence electrons. The summed E-state index contributed by atoms with van der Waals surface area (Å²) in [6, 6.07) is 5.94. The topological polar surface area (TPSA) is 327 Å². The summed E-state index contributed by atoms with van der Waals surface area (Å²) in [6.45, 7) is 14.1. The number of methoxy groups -OCH3 is 1. The van der Waals surface area contributed by atoms with Crippen LogP contribution in [0.4, 0.5) is 0 Å². The normalized spacial score (nSPS) is 46.8. The van der Waals surface area contributed by atoms with E-state index in [-0.39, 0.29) is 46.7 Å². The van der Waals surface area contributed by atoms with Crippen molar-refractivity contribution in [2.24, 2.45) is 50.2 Å². The van der Waals surface area contributed by atoms with Crippen LogP contribution in [0.2, 0.25) is 0 Å². The molecule has 3 heterocycles. The summed E-state index contributed by atoms with van der Waals surface area (Å²) < 4.78 is 47.1. The van der Waals surface area contributed by atoms with E-state index in [0.717, 1.165) is 38.0 Å². The molecular formula is C57H82O21. The maximum absolute atomic E-state index is 15.5. The number of benzene rings is 1. The Bertz CT molecular complexity index is 2430. The van der Waals surface area contributed by atoms with E-state index in [0.29, 0.717) is 31.2 Å². The van der Waals surface area contributed by atoms with Crippen molar-refractivity contribution >= 4 is 24.0 Å². The average molecular weight is 1100 g/mol. The number of allylic oxidation sites excluding steroid dienone is 2. The lowest BCUT2D eigenvalue weighted by Gasteiger charge is -2.71. The van der Waals surface area contributed by atoms with E-state index in [4.69, 9.17) is 37.9 Å². The molecule has 78 heavy (non-hydrogen) atoms. The lowest BCUT2D eigenvalue weighted by Crippen LogP contribution is -2.68. The van der Waals surface area contributed by atoms with Crippen LogP contribution in [-0.2, 0) is 52.3 Å². The first-order chi connectivity index (χ1) is 36.6.